The number of nitriles is 2. The molecule has 0 radical (unpaired) electrons. The molecule has 4 heteroatoms. The first-order chi connectivity index (χ1) is 27.5. The minimum absolute atomic E-state index is 0.583. The van der Waals surface area contributed by atoms with E-state index in [-0.39, 0.29) is 0 Å². The molecule has 4 nitrogen and oxygen atoms in total. The molecule has 56 heavy (non-hydrogen) atoms. The molecule has 10 rings (SSSR count). The van der Waals surface area contributed by atoms with Crippen LogP contribution in [-0.2, 0) is 0 Å². The number of hydrogen-bond donors (Lipinski definition) is 0. The second-order valence-corrected chi connectivity index (χ2v) is 14.6. The van der Waals surface area contributed by atoms with E-state index in [1.807, 2.05) is 12.1 Å². The third-order valence-corrected chi connectivity index (χ3v) is 11.1. The second-order valence-electron chi connectivity index (χ2n) is 14.6. The summed E-state index contributed by atoms with van der Waals surface area (Å²) < 4.78 is 0. The van der Waals surface area contributed by atoms with Crippen LogP contribution in [0.25, 0.3) is 53.9 Å². The SMILES string of the molecule is Cc1ccc(N(c2ccc3ccccc3c2)c2c(C#N)cc3ccc4c(N(c5ccc(C)cc5)c5ccc6ccccc6c5)c(C#N)cc5ccc2c3c54)cc1. The molecule has 0 saturated carbocycles. The van der Waals surface area contributed by atoms with Gasteiger partial charge in [-0.2, -0.15) is 10.5 Å². The molecular weight excluding hydrogens is 681 g/mol. The summed E-state index contributed by atoms with van der Waals surface area (Å²) in [6.07, 6.45) is 0. The van der Waals surface area contributed by atoms with Crippen LogP contribution in [0.15, 0.2) is 170 Å². The van der Waals surface area contributed by atoms with Gasteiger partial charge < -0.3 is 9.80 Å². The Morgan fingerprint density at radius 3 is 1.11 bits per heavy atom. The van der Waals surface area contributed by atoms with Crippen molar-refractivity contribution < 1.29 is 0 Å². The summed E-state index contributed by atoms with van der Waals surface area (Å²) in [7, 11) is 0. The van der Waals surface area contributed by atoms with Crippen molar-refractivity contribution in [3.8, 4) is 12.1 Å². The molecule has 10 aromatic rings. The highest BCUT2D eigenvalue weighted by Crippen LogP contribution is 2.50. The van der Waals surface area contributed by atoms with E-state index in [1.165, 1.54) is 0 Å². The lowest BCUT2D eigenvalue weighted by Crippen LogP contribution is -2.13. The monoisotopic (exact) mass is 714 g/mol. The molecule has 0 aliphatic rings. The van der Waals surface area contributed by atoms with Crippen LogP contribution in [0.5, 0.6) is 0 Å². The molecular formula is C52H34N4. The number of anilines is 6. The number of hydrogen-bond acceptors (Lipinski definition) is 4. The Balaban J connectivity index is 1.30. The van der Waals surface area contributed by atoms with Crippen molar-refractivity contribution in [2.45, 2.75) is 13.8 Å². The van der Waals surface area contributed by atoms with Crippen LogP contribution in [0.2, 0.25) is 0 Å². The van der Waals surface area contributed by atoms with E-state index in [0.717, 1.165) is 99.1 Å². The van der Waals surface area contributed by atoms with Gasteiger partial charge in [-0.25, -0.2) is 0 Å². The van der Waals surface area contributed by atoms with E-state index in [0.29, 0.717) is 11.1 Å². The van der Waals surface area contributed by atoms with Crippen molar-refractivity contribution in [3.05, 3.63) is 192 Å². The van der Waals surface area contributed by atoms with Crippen molar-refractivity contribution in [2.75, 3.05) is 9.80 Å². The van der Waals surface area contributed by atoms with Crippen LogP contribution in [-0.4, -0.2) is 0 Å². The molecule has 0 saturated heterocycles. The Labute approximate surface area is 325 Å². The van der Waals surface area contributed by atoms with Crippen molar-refractivity contribution in [3.63, 3.8) is 0 Å². The minimum Gasteiger partial charge on any atom is -0.309 e. The van der Waals surface area contributed by atoms with Gasteiger partial charge in [-0.1, -0.05) is 120 Å². The highest BCUT2D eigenvalue weighted by Gasteiger charge is 2.26. The van der Waals surface area contributed by atoms with Crippen molar-refractivity contribution in [1.82, 2.24) is 0 Å². The number of aryl methyl sites for hydroxylation is 2. The molecule has 0 aliphatic carbocycles. The number of nitrogens with zero attached hydrogens (tertiary/aromatic N) is 4. The zero-order valence-electron chi connectivity index (χ0n) is 31.0. The average Bonchev–Trinajstić information content (AvgIpc) is 3.24. The predicted molar refractivity (Wildman–Crippen MR) is 233 cm³/mol. The maximum atomic E-state index is 10.9. The summed E-state index contributed by atoms with van der Waals surface area (Å²) in [5.74, 6) is 0. The topological polar surface area (TPSA) is 54.1 Å². The van der Waals surface area contributed by atoms with Crippen LogP contribution in [0, 0.1) is 36.5 Å². The second kappa shape index (κ2) is 13.0. The maximum Gasteiger partial charge on any atom is 0.101 e. The van der Waals surface area contributed by atoms with Gasteiger partial charge in [0.2, 0.25) is 0 Å². The fourth-order valence-corrected chi connectivity index (χ4v) is 8.41. The summed E-state index contributed by atoms with van der Waals surface area (Å²) in [5.41, 5.74) is 9.00. The molecule has 0 unspecified atom stereocenters. The summed E-state index contributed by atoms with van der Waals surface area (Å²) >= 11 is 0. The van der Waals surface area contributed by atoms with Crippen LogP contribution < -0.4 is 9.80 Å². The third-order valence-electron chi connectivity index (χ3n) is 11.1. The van der Waals surface area contributed by atoms with Gasteiger partial charge in [-0.15, -0.1) is 0 Å². The van der Waals surface area contributed by atoms with Gasteiger partial charge in [0, 0.05) is 33.5 Å². The lowest BCUT2D eigenvalue weighted by Gasteiger charge is -2.30. The Hall–Kier alpha value is -7.66. The summed E-state index contributed by atoms with van der Waals surface area (Å²) in [4.78, 5) is 4.46. The summed E-state index contributed by atoms with van der Waals surface area (Å²) in [5, 5.41) is 32.3. The predicted octanol–water partition coefficient (Wildman–Crippen LogP) is 14.2. The number of fused-ring (bicyclic) bond motifs is 2. The van der Waals surface area contributed by atoms with Crippen LogP contribution >= 0.6 is 0 Å². The largest absolute Gasteiger partial charge is 0.309 e. The van der Waals surface area contributed by atoms with Crippen molar-refractivity contribution in [2.24, 2.45) is 0 Å². The molecule has 0 bridgehead atoms. The molecule has 0 aliphatic heterocycles. The maximum absolute atomic E-state index is 10.9. The van der Waals surface area contributed by atoms with Gasteiger partial charge >= 0.3 is 0 Å². The third kappa shape index (κ3) is 5.28. The highest BCUT2D eigenvalue weighted by atomic mass is 15.2. The normalized spacial score (nSPS) is 11.4. The van der Waals surface area contributed by atoms with Gasteiger partial charge in [0.25, 0.3) is 0 Å². The Kier molecular flexibility index (Phi) is 7.66. The van der Waals surface area contributed by atoms with Gasteiger partial charge in [-0.05, 0) is 118 Å². The Morgan fingerprint density at radius 1 is 0.357 bits per heavy atom. The molecule has 0 atom stereocenters. The van der Waals surface area contributed by atoms with Crippen molar-refractivity contribution >= 4 is 88.0 Å². The van der Waals surface area contributed by atoms with Crippen LogP contribution in [0.4, 0.5) is 34.1 Å². The van der Waals surface area contributed by atoms with E-state index < -0.39 is 0 Å². The lowest BCUT2D eigenvalue weighted by atomic mass is 9.88. The van der Waals surface area contributed by atoms with E-state index in [9.17, 15) is 10.5 Å². The quantitative estimate of drug-likeness (QED) is 0.161. The fourth-order valence-electron chi connectivity index (χ4n) is 8.41. The van der Waals surface area contributed by atoms with E-state index in [2.05, 4.69) is 194 Å². The number of rotatable bonds is 6. The average molecular weight is 715 g/mol. The molecule has 0 N–H and O–H groups in total. The smallest absolute Gasteiger partial charge is 0.101 e. The molecule has 0 aromatic heterocycles. The molecule has 0 amide bonds. The van der Waals surface area contributed by atoms with Gasteiger partial charge in [0.05, 0.1) is 22.5 Å². The van der Waals surface area contributed by atoms with Crippen LogP contribution in [0.3, 0.4) is 0 Å². The first kappa shape index (κ1) is 32.9. The standard InChI is InChI=1S/C52H34N4/c1-33-11-19-43(20-12-33)55(45-23-15-35-7-3-5-9-37(35)29-45)51-41(31-53)27-39-18-26-48-50-40(17-25-47(51)49(39)50)28-42(32-54)52(48)56(44-21-13-34(2)14-22-44)46-24-16-36-8-4-6-10-38(36)30-46/h3-30H,1-2H3. The van der Waals surface area contributed by atoms with Crippen molar-refractivity contribution in [1.29, 1.82) is 10.5 Å². The molecule has 0 heterocycles. The Bertz CT molecular complexity index is 3020. The minimum atomic E-state index is 0.583. The van der Waals surface area contributed by atoms with E-state index >= 15 is 0 Å². The lowest BCUT2D eigenvalue weighted by molar-refractivity contribution is 1.28. The van der Waals surface area contributed by atoms with Crippen LogP contribution in [0.1, 0.15) is 22.3 Å². The van der Waals surface area contributed by atoms with Gasteiger partial charge in [0.15, 0.2) is 0 Å². The van der Waals surface area contributed by atoms with E-state index in [4.69, 9.17) is 0 Å². The molecule has 262 valence electrons. The Morgan fingerprint density at radius 2 is 0.714 bits per heavy atom. The first-order valence-corrected chi connectivity index (χ1v) is 18.8. The van der Waals surface area contributed by atoms with Gasteiger partial charge in [-0.3, -0.25) is 0 Å². The summed E-state index contributed by atoms with van der Waals surface area (Å²) in [6, 6.07) is 64.4. The summed E-state index contributed by atoms with van der Waals surface area (Å²) in [6.45, 7) is 4.18. The zero-order chi connectivity index (χ0) is 37.9. The molecule has 0 fully saturated rings. The fraction of sp³-hybridized carbons (Fsp3) is 0.0385. The highest BCUT2D eigenvalue weighted by molar-refractivity contribution is 6.29. The molecule has 0 spiro atoms. The number of benzene rings is 10. The molecule has 10 aromatic carbocycles. The van der Waals surface area contributed by atoms with E-state index in [1.54, 1.807) is 0 Å². The zero-order valence-corrected chi connectivity index (χ0v) is 31.0. The first-order valence-electron chi connectivity index (χ1n) is 18.8. The van der Waals surface area contributed by atoms with Gasteiger partial charge in [0.1, 0.15) is 12.1 Å².